The number of nitrogens with two attached hydrogens (primary N) is 1. The average Bonchev–Trinajstić information content (AvgIpc) is 2.25. The maximum absolute atomic E-state index is 11.2. The molecule has 0 unspecified atom stereocenters. The van der Waals surface area contributed by atoms with Crippen molar-refractivity contribution in [2.45, 2.75) is 41.0 Å². The topological polar surface area (TPSA) is 79.5 Å². The Morgan fingerprint density at radius 1 is 1.33 bits per heavy atom. The van der Waals surface area contributed by atoms with Crippen LogP contribution >= 0.6 is 0 Å². The Morgan fingerprint density at radius 2 is 1.94 bits per heavy atom. The highest BCUT2D eigenvalue weighted by molar-refractivity contribution is 5.82. The van der Waals surface area contributed by atoms with Crippen molar-refractivity contribution in [1.82, 2.24) is 10.6 Å². The fourth-order valence-corrected chi connectivity index (χ4v) is 1.18. The first kappa shape index (κ1) is 16.7. The third-order valence-electron chi connectivity index (χ3n) is 2.66. The van der Waals surface area contributed by atoms with Crippen LogP contribution in [0.1, 0.15) is 41.0 Å². The number of nitrogens with zero attached hydrogens (tertiary/aromatic N) is 1. The SMILES string of the molecule is CCNC(=NCC(C)(C)C(N)=O)NCCC(C)C. The third kappa shape index (κ3) is 7.14. The summed E-state index contributed by atoms with van der Waals surface area (Å²) in [5.41, 5.74) is 4.71. The number of rotatable bonds is 7. The zero-order chi connectivity index (χ0) is 14.2. The molecule has 0 fully saturated rings. The van der Waals surface area contributed by atoms with Gasteiger partial charge in [-0.2, -0.15) is 0 Å². The average molecular weight is 256 g/mol. The van der Waals surface area contributed by atoms with Crippen LogP contribution in [-0.2, 0) is 4.79 Å². The molecule has 0 saturated carbocycles. The summed E-state index contributed by atoms with van der Waals surface area (Å²) in [6, 6.07) is 0. The molecule has 0 saturated heterocycles. The van der Waals surface area contributed by atoms with Crippen molar-refractivity contribution in [3.8, 4) is 0 Å². The van der Waals surface area contributed by atoms with Gasteiger partial charge in [0.25, 0.3) is 0 Å². The molecule has 0 aromatic rings. The molecule has 0 spiro atoms. The quantitative estimate of drug-likeness (QED) is 0.471. The Morgan fingerprint density at radius 3 is 2.39 bits per heavy atom. The summed E-state index contributed by atoms with van der Waals surface area (Å²) in [6.45, 7) is 12.0. The Hall–Kier alpha value is -1.26. The van der Waals surface area contributed by atoms with Gasteiger partial charge in [0.2, 0.25) is 5.91 Å². The van der Waals surface area contributed by atoms with Gasteiger partial charge in [0.05, 0.1) is 12.0 Å². The van der Waals surface area contributed by atoms with Crippen molar-refractivity contribution in [3.05, 3.63) is 0 Å². The number of carbonyl (C=O) groups excluding carboxylic acids is 1. The summed E-state index contributed by atoms with van der Waals surface area (Å²) < 4.78 is 0. The van der Waals surface area contributed by atoms with E-state index in [0.29, 0.717) is 12.5 Å². The van der Waals surface area contributed by atoms with Crippen molar-refractivity contribution in [3.63, 3.8) is 0 Å². The van der Waals surface area contributed by atoms with E-state index in [9.17, 15) is 4.79 Å². The predicted octanol–water partition coefficient (Wildman–Crippen LogP) is 1.10. The van der Waals surface area contributed by atoms with E-state index in [1.165, 1.54) is 0 Å². The monoisotopic (exact) mass is 256 g/mol. The smallest absolute Gasteiger partial charge is 0.224 e. The molecule has 0 aliphatic rings. The molecule has 18 heavy (non-hydrogen) atoms. The maximum Gasteiger partial charge on any atom is 0.224 e. The lowest BCUT2D eigenvalue weighted by Gasteiger charge is -2.19. The fourth-order valence-electron chi connectivity index (χ4n) is 1.18. The zero-order valence-corrected chi connectivity index (χ0v) is 12.3. The standard InChI is InChI=1S/C13H28N4O/c1-6-15-12(16-8-7-10(2)3)17-9-13(4,5)11(14)18/h10H,6-9H2,1-5H3,(H2,14,18)(H2,15,16,17). The van der Waals surface area contributed by atoms with Gasteiger partial charge >= 0.3 is 0 Å². The molecule has 106 valence electrons. The van der Waals surface area contributed by atoms with Crippen molar-refractivity contribution in [1.29, 1.82) is 0 Å². The second-order valence-corrected chi connectivity index (χ2v) is 5.55. The summed E-state index contributed by atoms with van der Waals surface area (Å²) in [5.74, 6) is 1.07. The Bertz CT molecular complexity index is 285. The first-order valence-corrected chi connectivity index (χ1v) is 6.61. The molecule has 0 aliphatic heterocycles. The van der Waals surface area contributed by atoms with Gasteiger partial charge in [-0.3, -0.25) is 9.79 Å². The highest BCUT2D eigenvalue weighted by Crippen LogP contribution is 2.13. The van der Waals surface area contributed by atoms with E-state index in [2.05, 4.69) is 29.5 Å². The first-order valence-electron chi connectivity index (χ1n) is 6.61. The molecule has 5 nitrogen and oxygen atoms in total. The van der Waals surface area contributed by atoms with Gasteiger partial charge in [0.15, 0.2) is 5.96 Å². The van der Waals surface area contributed by atoms with Gasteiger partial charge in [0, 0.05) is 13.1 Å². The number of primary amides is 1. The first-order chi connectivity index (χ1) is 8.29. The third-order valence-corrected chi connectivity index (χ3v) is 2.66. The Labute approximate surface area is 111 Å². The highest BCUT2D eigenvalue weighted by atomic mass is 16.1. The van der Waals surface area contributed by atoms with Crippen molar-refractivity contribution in [2.75, 3.05) is 19.6 Å². The van der Waals surface area contributed by atoms with Crippen molar-refractivity contribution in [2.24, 2.45) is 22.1 Å². The predicted molar refractivity (Wildman–Crippen MR) is 76.4 cm³/mol. The number of nitrogens with one attached hydrogen (secondary N) is 2. The Kier molecular flexibility index (Phi) is 7.39. The summed E-state index contributed by atoms with van der Waals surface area (Å²) in [7, 11) is 0. The molecule has 0 rings (SSSR count). The van der Waals surface area contributed by atoms with Crippen molar-refractivity contribution >= 4 is 11.9 Å². The van der Waals surface area contributed by atoms with E-state index in [1.807, 2.05) is 6.92 Å². The Balaban J connectivity index is 4.35. The normalized spacial score (nSPS) is 12.7. The number of hydrogen-bond donors (Lipinski definition) is 3. The van der Waals surface area contributed by atoms with Crippen LogP contribution in [0.25, 0.3) is 0 Å². The van der Waals surface area contributed by atoms with E-state index in [1.54, 1.807) is 13.8 Å². The highest BCUT2D eigenvalue weighted by Gasteiger charge is 2.24. The molecule has 4 N–H and O–H groups in total. The summed E-state index contributed by atoms with van der Waals surface area (Å²) in [6.07, 6.45) is 1.09. The van der Waals surface area contributed by atoms with Gasteiger partial charge in [-0.15, -0.1) is 0 Å². The van der Waals surface area contributed by atoms with Crippen LogP contribution in [0.3, 0.4) is 0 Å². The van der Waals surface area contributed by atoms with E-state index in [0.717, 1.165) is 25.5 Å². The van der Waals surface area contributed by atoms with Gasteiger partial charge in [-0.1, -0.05) is 13.8 Å². The number of guanidine groups is 1. The molecule has 0 heterocycles. The van der Waals surface area contributed by atoms with E-state index in [4.69, 9.17) is 5.73 Å². The number of aliphatic imine (C=N–C) groups is 1. The second-order valence-electron chi connectivity index (χ2n) is 5.55. The van der Waals surface area contributed by atoms with Gasteiger partial charge in [-0.25, -0.2) is 0 Å². The van der Waals surface area contributed by atoms with Gasteiger partial charge < -0.3 is 16.4 Å². The van der Waals surface area contributed by atoms with Crippen LogP contribution in [-0.4, -0.2) is 31.5 Å². The number of amides is 1. The second kappa shape index (κ2) is 7.95. The van der Waals surface area contributed by atoms with E-state index in [-0.39, 0.29) is 5.91 Å². The molecular formula is C13H28N4O. The lowest BCUT2D eigenvalue weighted by atomic mass is 9.93. The molecular weight excluding hydrogens is 228 g/mol. The van der Waals surface area contributed by atoms with Crippen molar-refractivity contribution < 1.29 is 4.79 Å². The maximum atomic E-state index is 11.2. The molecule has 0 aromatic heterocycles. The molecule has 1 amide bonds. The lowest BCUT2D eigenvalue weighted by Crippen LogP contribution is -2.40. The summed E-state index contributed by atoms with van der Waals surface area (Å²) in [4.78, 5) is 15.6. The molecule has 0 radical (unpaired) electrons. The summed E-state index contributed by atoms with van der Waals surface area (Å²) in [5, 5.41) is 6.40. The van der Waals surface area contributed by atoms with E-state index < -0.39 is 5.41 Å². The minimum absolute atomic E-state index is 0.329. The zero-order valence-electron chi connectivity index (χ0n) is 12.3. The van der Waals surface area contributed by atoms with Crippen LogP contribution in [0.15, 0.2) is 4.99 Å². The van der Waals surface area contributed by atoms with Crippen LogP contribution in [0, 0.1) is 11.3 Å². The largest absolute Gasteiger partial charge is 0.369 e. The van der Waals surface area contributed by atoms with Crippen LogP contribution in [0.5, 0.6) is 0 Å². The summed E-state index contributed by atoms with van der Waals surface area (Å²) >= 11 is 0. The van der Waals surface area contributed by atoms with Crippen LogP contribution < -0.4 is 16.4 Å². The molecule has 0 bridgehead atoms. The molecule has 0 aliphatic carbocycles. The van der Waals surface area contributed by atoms with E-state index >= 15 is 0 Å². The van der Waals surface area contributed by atoms with Gasteiger partial charge in [-0.05, 0) is 33.1 Å². The lowest BCUT2D eigenvalue weighted by molar-refractivity contribution is -0.125. The fraction of sp³-hybridized carbons (Fsp3) is 0.846. The minimum Gasteiger partial charge on any atom is -0.369 e. The van der Waals surface area contributed by atoms with Crippen LogP contribution in [0.2, 0.25) is 0 Å². The number of hydrogen-bond acceptors (Lipinski definition) is 2. The van der Waals surface area contributed by atoms with Gasteiger partial charge in [0.1, 0.15) is 0 Å². The number of carbonyl (C=O) groups is 1. The van der Waals surface area contributed by atoms with Crippen LogP contribution in [0.4, 0.5) is 0 Å². The molecule has 0 atom stereocenters. The molecule has 0 aromatic carbocycles. The minimum atomic E-state index is -0.611. The molecule has 5 heteroatoms.